The lowest BCUT2D eigenvalue weighted by molar-refractivity contribution is -0.120. The summed E-state index contributed by atoms with van der Waals surface area (Å²) in [6.45, 7) is 3.62. The van der Waals surface area contributed by atoms with Gasteiger partial charge in [0.2, 0.25) is 11.8 Å². The van der Waals surface area contributed by atoms with E-state index in [1.165, 1.54) is 0 Å². The maximum absolute atomic E-state index is 12.2. The van der Waals surface area contributed by atoms with E-state index < -0.39 is 12.1 Å². The molecule has 0 aromatic heterocycles. The Bertz CT molecular complexity index is 540. The van der Waals surface area contributed by atoms with E-state index in [-0.39, 0.29) is 24.2 Å². The number of urea groups is 1. The lowest BCUT2D eigenvalue weighted by Crippen LogP contribution is -2.49. The number of amides is 4. The van der Waals surface area contributed by atoms with Gasteiger partial charge >= 0.3 is 6.03 Å². The number of rotatable bonds is 6. The summed E-state index contributed by atoms with van der Waals surface area (Å²) in [5.41, 5.74) is 6.50. The van der Waals surface area contributed by atoms with Crippen LogP contribution < -0.4 is 21.7 Å². The molecule has 0 radical (unpaired) electrons. The number of nitrogens with one attached hydrogen (secondary N) is 3. The fourth-order valence-corrected chi connectivity index (χ4v) is 1.89. The quantitative estimate of drug-likeness (QED) is 0.617. The van der Waals surface area contributed by atoms with E-state index in [2.05, 4.69) is 16.0 Å². The standard InChI is InChI=1S/C15H22N4O3/c1-9(2)13(19-15(16)22)14(21)18-11-6-4-10(5-7-11)8-12(20)17-3/h4-7,9,13H,8H2,1-3H3,(H,17,20)(H,18,21)(H3,16,19,22). The fraction of sp³-hybridized carbons (Fsp3) is 0.400. The van der Waals surface area contributed by atoms with Crippen LogP contribution in [0, 0.1) is 5.92 Å². The molecule has 120 valence electrons. The summed E-state index contributed by atoms with van der Waals surface area (Å²) < 4.78 is 0. The second kappa shape index (κ2) is 8.02. The van der Waals surface area contributed by atoms with Crippen LogP contribution in [0.15, 0.2) is 24.3 Å². The van der Waals surface area contributed by atoms with E-state index in [9.17, 15) is 14.4 Å². The van der Waals surface area contributed by atoms with Gasteiger partial charge in [-0.05, 0) is 23.6 Å². The molecule has 1 rings (SSSR count). The molecule has 1 unspecified atom stereocenters. The maximum atomic E-state index is 12.2. The largest absolute Gasteiger partial charge is 0.359 e. The average Bonchev–Trinajstić information content (AvgIpc) is 2.46. The van der Waals surface area contributed by atoms with Gasteiger partial charge in [-0.2, -0.15) is 0 Å². The summed E-state index contributed by atoms with van der Waals surface area (Å²) in [5.74, 6) is -0.518. The van der Waals surface area contributed by atoms with E-state index in [4.69, 9.17) is 5.73 Å². The van der Waals surface area contributed by atoms with Gasteiger partial charge in [-0.3, -0.25) is 9.59 Å². The van der Waals surface area contributed by atoms with Crippen LogP contribution in [0.4, 0.5) is 10.5 Å². The second-order valence-electron chi connectivity index (χ2n) is 5.27. The van der Waals surface area contributed by atoms with E-state index >= 15 is 0 Å². The maximum Gasteiger partial charge on any atom is 0.312 e. The summed E-state index contributed by atoms with van der Waals surface area (Å²) >= 11 is 0. The molecule has 0 saturated carbocycles. The average molecular weight is 306 g/mol. The minimum Gasteiger partial charge on any atom is -0.359 e. The third-order valence-electron chi connectivity index (χ3n) is 3.11. The van der Waals surface area contributed by atoms with Crippen LogP contribution in [0.1, 0.15) is 19.4 Å². The number of carbonyl (C=O) groups excluding carboxylic acids is 3. The third kappa shape index (κ3) is 5.43. The zero-order valence-corrected chi connectivity index (χ0v) is 13.0. The van der Waals surface area contributed by atoms with E-state index in [0.29, 0.717) is 5.69 Å². The number of hydrogen-bond acceptors (Lipinski definition) is 3. The van der Waals surface area contributed by atoms with Crippen LogP contribution in [0.25, 0.3) is 0 Å². The van der Waals surface area contributed by atoms with Crippen molar-refractivity contribution in [2.75, 3.05) is 12.4 Å². The summed E-state index contributed by atoms with van der Waals surface area (Å²) in [7, 11) is 1.58. The predicted octanol–water partition coefficient (Wildman–Crippen LogP) is 0.607. The molecule has 0 saturated heterocycles. The van der Waals surface area contributed by atoms with Gasteiger partial charge in [0.15, 0.2) is 0 Å². The molecule has 22 heavy (non-hydrogen) atoms. The van der Waals surface area contributed by atoms with Gasteiger partial charge in [0.25, 0.3) is 0 Å². The number of benzene rings is 1. The lowest BCUT2D eigenvalue weighted by Gasteiger charge is -2.20. The Balaban J connectivity index is 2.70. The SMILES string of the molecule is CNC(=O)Cc1ccc(NC(=O)C(NC(N)=O)C(C)C)cc1. The van der Waals surface area contributed by atoms with Crippen LogP contribution >= 0.6 is 0 Å². The number of hydrogen-bond donors (Lipinski definition) is 4. The van der Waals surface area contributed by atoms with Crippen molar-refractivity contribution >= 4 is 23.5 Å². The van der Waals surface area contributed by atoms with Gasteiger partial charge in [-0.1, -0.05) is 26.0 Å². The summed E-state index contributed by atoms with van der Waals surface area (Å²) in [6.07, 6.45) is 0.280. The Morgan fingerprint density at radius 1 is 1.14 bits per heavy atom. The molecule has 7 heteroatoms. The second-order valence-corrected chi connectivity index (χ2v) is 5.27. The van der Waals surface area contributed by atoms with Crippen molar-refractivity contribution < 1.29 is 14.4 Å². The zero-order chi connectivity index (χ0) is 16.7. The molecule has 0 heterocycles. The number of anilines is 1. The fourth-order valence-electron chi connectivity index (χ4n) is 1.89. The molecule has 1 aromatic rings. The third-order valence-corrected chi connectivity index (χ3v) is 3.11. The van der Waals surface area contributed by atoms with Crippen molar-refractivity contribution in [3.63, 3.8) is 0 Å². The van der Waals surface area contributed by atoms with Crippen LogP contribution in [0.5, 0.6) is 0 Å². The molecular weight excluding hydrogens is 284 g/mol. The van der Waals surface area contributed by atoms with Crippen molar-refractivity contribution in [3.8, 4) is 0 Å². The van der Waals surface area contributed by atoms with Crippen molar-refractivity contribution in [2.45, 2.75) is 26.3 Å². The minimum absolute atomic E-state index is 0.0812. The topological polar surface area (TPSA) is 113 Å². The Hall–Kier alpha value is -2.57. The highest BCUT2D eigenvalue weighted by atomic mass is 16.2. The molecule has 1 atom stereocenters. The normalized spacial score (nSPS) is 11.6. The Morgan fingerprint density at radius 3 is 2.18 bits per heavy atom. The molecule has 7 nitrogen and oxygen atoms in total. The first-order chi connectivity index (χ1) is 10.3. The molecule has 5 N–H and O–H groups in total. The molecule has 0 aliphatic carbocycles. The van der Waals surface area contributed by atoms with Gasteiger partial charge in [0.1, 0.15) is 6.04 Å². The van der Waals surface area contributed by atoms with E-state index in [1.54, 1.807) is 31.3 Å². The Kier molecular flexibility index (Phi) is 6.37. The molecule has 0 aliphatic heterocycles. The first-order valence-corrected chi connectivity index (χ1v) is 6.99. The summed E-state index contributed by atoms with van der Waals surface area (Å²) in [5, 5.41) is 7.68. The first-order valence-electron chi connectivity index (χ1n) is 6.99. The Morgan fingerprint density at radius 2 is 1.73 bits per heavy atom. The summed E-state index contributed by atoms with van der Waals surface area (Å²) in [4.78, 5) is 34.4. The predicted molar refractivity (Wildman–Crippen MR) is 84.2 cm³/mol. The molecule has 0 fully saturated rings. The minimum atomic E-state index is -0.741. The Labute approximate surface area is 129 Å². The first kappa shape index (κ1) is 17.5. The van der Waals surface area contributed by atoms with E-state index in [1.807, 2.05) is 13.8 Å². The smallest absolute Gasteiger partial charge is 0.312 e. The summed E-state index contributed by atoms with van der Waals surface area (Å²) in [6, 6.07) is 5.49. The van der Waals surface area contributed by atoms with Gasteiger partial charge in [0, 0.05) is 12.7 Å². The van der Waals surface area contributed by atoms with Crippen LogP contribution in [-0.4, -0.2) is 30.9 Å². The van der Waals surface area contributed by atoms with E-state index in [0.717, 1.165) is 5.56 Å². The van der Waals surface area contributed by atoms with Crippen molar-refractivity contribution in [2.24, 2.45) is 11.7 Å². The van der Waals surface area contributed by atoms with Crippen LogP contribution in [0.3, 0.4) is 0 Å². The molecule has 0 spiro atoms. The van der Waals surface area contributed by atoms with Gasteiger partial charge in [-0.25, -0.2) is 4.79 Å². The number of carbonyl (C=O) groups is 3. The number of primary amides is 1. The van der Waals surface area contributed by atoms with Gasteiger partial charge < -0.3 is 21.7 Å². The van der Waals surface area contributed by atoms with Crippen molar-refractivity contribution in [1.82, 2.24) is 10.6 Å². The van der Waals surface area contributed by atoms with Crippen LogP contribution in [0.2, 0.25) is 0 Å². The van der Waals surface area contributed by atoms with Crippen molar-refractivity contribution in [3.05, 3.63) is 29.8 Å². The molecule has 0 aliphatic rings. The number of likely N-dealkylation sites (N-methyl/N-ethyl adjacent to an activating group) is 1. The molecule has 1 aromatic carbocycles. The lowest BCUT2D eigenvalue weighted by atomic mass is 10.0. The highest BCUT2D eigenvalue weighted by molar-refractivity contribution is 5.97. The highest BCUT2D eigenvalue weighted by Crippen LogP contribution is 2.12. The number of nitrogens with two attached hydrogens (primary N) is 1. The van der Waals surface area contributed by atoms with Crippen LogP contribution in [-0.2, 0) is 16.0 Å². The van der Waals surface area contributed by atoms with Gasteiger partial charge in [0.05, 0.1) is 6.42 Å². The van der Waals surface area contributed by atoms with Crippen molar-refractivity contribution in [1.29, 1.82) is 0 Å². The van der Waals surface area contributed by atoms with Gasteiger partial charge in [-0.15, -0.1) is 0 Å². The zero-order valence-electron chi connectivity index (χ0n) is 13.0. The monoisotopic (exact) mass is 306 g/mol. The molecule has 0 bridgehead atoms. The molecular formula is C15H22N4O3. The molecule has 4 amide bonds. The highest BCUT2D eigenvalue weighted by Gasteiger charge is 2.23.